The molecule has 0 atom stereocenters. The van der Waals surface area contributed by atoms with Gasteiger partial charge in [0, 0.05) is 29.2 Å². The number of hydrogen-bond donors (Lipinski definition) is 2. The van der Waals surface area contributed by atoms with Gasteiger partial charge in [-0.1, -0.05) is 36.4 Å². The average Bonchev–Trinajstić information content (AvgIpc) is 3.19. The van der Waals surface area contributed by atoms with Crippen LogP contribution in [0.5, 0.6) is 0 Å². The SMILES string of the molecule is COC(=O)c1c(NC(=S)Nc2cccc(S(=O)(=O)N3CCOCC3)c2)sc(C)c1-c1ccccc1. The van der Waals surface area contributed by atoms with E-state index in [9.17, 15) is 13.2 Å². The molecule has 1 aliphatic rings. The summed E-state index contributed by atoms with van der Waals surface area (Å²) in [5.41, 5.74) is 2.59. The second-order valence-corrected chi connectivity index (χ2v) is 11.3. The molecule has 0 bridgehead atoms. The highest BCUT2D eigenvalue weighted by atomic mass is 32.2. The van der Waals surface area contributed by atoms with Crippen molar-refractivity contribution in [3.8, 4) is 11.1 Å². The first-order chi connectivity index (χ1) is 16.8. The van der Waals surface area contributed by atoms with Crippen molar-refractivity contribution in [3.63, 3.8) is 0 Å². The van der Waals surface area contributed by atoms with Gasteiger partial charge in [0.2, 0.25) is 10.0 Å². The topological polar surface area (TPSA) is 97.0 Å². The number of carbonyl (C=O) groups is 1. The predicted octanol–water partition coefficient (Wildman–Crippen LogP) is 4.34. The normalized spacial score (nSPS) is 14.3. The van der Waals surface area contributed by atoms with E-state index in [1.54, 1.807) is 18.2 Å². The molecule has 1 aliphatic heterocycles. The van der Waals surface area contributed by atoms with Gasteiger partial charge >= 0.3 is 5.97 Å². The summed E-state index contributed by atoms with van der Waals surface area (Å²) in [4.78, 5) is 13.8. The maximum Gasteiger partial charge on any atom is 0.341 e. The van der Waals surface area contributed by atoms with Gasteiger partial charge in [-0.2, -0.15) is 4.31 Å². The van der Waals surface area contributed by atoms with Gasteiger partial charge in [0.1, 0.15) is 10.6 Å². The summed E-state index contributed by atoms with van der Waals surface area (Å²) >= 11 is 6.88. The van der Waals surface area contributed by atoms with Crippen LogP contribution in [0.1, 0.15) is 15.2 Å². The van der Waals surface area contributed by atoms with Crippen LogP contribution >= 0.6 is 23.6 Å². The number of nitrogens with one attached hydrogen (secondary N) is 2. The lowest BCUT2D eigenvalue weighted by Crippen LogP contribution is -2.40. The third-order valence-electron chi connectivity index (χ3n) is 5.46. The van der Waals surface area contributed by atoms with Crippen LogP contribution in [0.25, 0.3) is 11.1 Å². The minimum atomic E-state index is -3.64. The highest BCUT2D eigenvalue weighted by Gasteiger charge is 2.27. The third-order valence-corrected chi connectivity index (χ3v) is 8.58. The second-order valence-electron chi connectivity index (χ2n) is 7.72. The van der Waals surface area contributed by atoms with E-state index in [1.807, 2.05) is 37.3 Å². The van der Waals surface area contributed by atoms with Gasteiger partial charge in [-0.15, -0.1) is 11.3 Å². The highest BCUT2D eigenvalue weighted by Crippen LogP contribution is 2.40. The van der Waals surface area contributed by atoms with Crippen molar-refractivity contribution in [2.24, 2.45) is 0 Å². The molecule has 3 aromatic rings. The second kappa shape index (κ2) is 10.8. The van der Waals surface area contributed by atoms with Crippen LogP contribution in [-0.2, 0) is 19.5 Å². The Hall–Kier alpha value is -2.83. The van der Waals surface area contributed by atoms with Gasteiger partial charge < -0.3 is 20.1 Å². The van der Waals surface area contributed by atoms with E-state index in [1.165, 1.54) is 28.8 Å². The minimum Gasteiger partial charge on any atom is -0.465 e. The summed E-state index contributed by atoms with van der Waals surface area (Å²) < 4.78 is 37.7. The van der Waals surface area contributed by atoms with Crippen molar-refractivity contribution in [1.82, 2.24) is 4.31 Å². The average molecular weight is 532 g/mol. The molecule has 2 aromatic carbocycles. The molecule has 1 fully saturated rings. The first-order valence-electron chi connectivity index (χ1n) is 10.8. The van der Waals surface area contributed by atoms with Crippen molar-refractivity contribution < 1.29 is 22.7 Å². The number of benzene rings is 2. The first kappa shape index (κ1) is 25.3. The fraction of sp³-hybridized carbons (Fsp3) is 0.250. The number of hydrogen-bond acceptors (Lipinski definition) is 7. The van der Waals surface area contributed by atoms with Gasteiger partial charge in [0.05, 0.1) is 25.2 Å². The Morgan fingerprint density at radius 2 is 1.80 bits per heavy atom. The number of thiophene rings is 1. The van der Waals surface area contributed by atoms with E-state index in [0.717, 1.165) is 16.0 Å². The Labute approximate surface area is 213 Å². The Morgan fingerprint density at radius 3 is 2.49 bits per heavy atom. The molecule has 1 saturated heterocycles. The number of esters is 1. The fourth-order valence-corrected chi connectivity index (χ4v) is 6.63. The molecule has 2 heterocycles. The van der Waals surface area contributed by atoms with Gasteiger partial charge in [-0.05, 0) is 42.9 Å². The summed E-state index contributed by atoms with van der Waals surface area (Å²) in [5.74, 6) is -0.475. The number of rotatable bonds is 6. The van der Waals surface area contributed by atoms with E-state index in [-0.39, 0.29) is 10.0 Å². The van der Waals surface area contributed by atoms with Crippen LogP contribution in [-0.4, -0.2) is 57.2 Å². The summed E-state index contributed by atoms with van der Waals surface area (Å²) in [6.45, 7) is 3.31. The lowest BCUT2D eigenvalue weighted by atomic mass is 10.0. The zero-order valence-electron chi connectivity index (χ0n) is 19.2. The van der Waals surface area contributed by atoms with Crippen molar-refractivity contribution in [3.05, 3.63) is 65.0 Å². The lowest BCUT2D eigenvalue weighted by Gasteiger charge is -2.26. The van der Waals surface area contributed by atoms with Crippen LogP contribution in [0, 0.1) is 6.92 Å². The number of ether oxygens (including phenoxy) is 2. The standard InChI is InChI=1S/C24H25N3O5S3/c1-16-20(17-7-4-3-5-8-17)21(23(28)31-2)22(34-16)26-24(33)25-18-9-6-10-19(15-18)35(29,30)27-11-13-32-14-12-27/h3-10,15H,11-14H2,1-2H3,(H2,25,26,33). The zero-order valence-corrected chi connectivity index (χ0v) is 21.7. The summed E-state index contributed by atoms with van der Waals surface area (Å²) in [7, 11) is -2.30. The van der Waals surface area contributed by atoms with Gasteiger partial charge in [-0.3, -0.25) is 0 Å². The van der Waals surface area contributed by atoms with Gasteiger partial charge in [0.25, 0.3) is 0 Å². The van der Waals surface area contributed by atoms with Crippen LogP contribution in [0.2, 0.25) is 0 Å². The molecule has 0 unspecified atom stereocenters. The largest absolute Gasteiger partial charge is 0.465 e. The summed E-state index contributed by atoms with van der Waals surface area (Å²) in [5, 5.41) is 6.88. The maximum absolute atomic E-state index is 13.0. The number of methoxy groups -OCH3 is 1. The van der Waals surface area contributed by atoms with Crippen LogP contribution in [0.4, 0.5) is 10.7 Å². The summed E-state index contributed by atoms with van der Waals surface area (Å²) in [6, 6.07) is 16.1. The fourth-order valence-electron chi connectivity index (χ4n) is 3.82. The van der Waals surface area contributed by atoms with E-state index in [0.29, 0.717) is 42.6 Å². The molecule has 0 saturated carbocycles. The highest BCUT2D eigenvalue weighted by molar-refractivity contribution is 7.89. The molecule has 184 valence electrons. The molecule has 0 spiro atoms. The molecule has 2 N–H and O–H groups in total. The number of sulfonamides is 1. The molecule has 1 aromatic heterocycles. The van der Waals surface area contributed by atoms with Crippen LogP contribution < -0.4 is 10.6 Å². The third kappa shape index (κ3) is 5.54. The lowest BCUT2D eigenvalue weighted by molar-refractivity contribution is 0.0603. The quantitative estimate of drug-likeness (QED) is 0.358. The summed E-state index contributed by atoms with van der Waals surface area (Å²) in [6.07, 6.45) is 0. The maximum atomic E-state index is 13.0. The molecule has 0 radical (unpaired) electrons. The first-order valence-corrected chi connectivity index (χ1v) is 13.5. The van der Waals surface area contributed by atoms with E-state index < -0.39 is 16.0 Å². The molecule has 35 heavy (non-hydrogen) atoms. The molecular weight excluding hydrogens is 506 g/mol. The Bertz CT molecular complexity index is 1330. The Kier molecular flexibility index (Phi) is 7.82. The van der Waals surface area contributed by atoms with E-state index in [4.69, 9.17) is 21.7 Å². The van der Waals surface area contributed by atoms with Crippen molar-refractivity contribution in [2.75, 3.05) is 44.0 Å². The number of aryl methyl sites for hydroxylation is 1. The van der Waals surface area contributed by atoms with Crippen LogP contribution in [0.3, 0.4) is 0 Å². The molecular formula is C24H25N3O5S3. The van der Waals surface area contributed by atoms with Gasteiger partial charge in [-0.25, -0.2) is 13.2 Å². The van der Waals surface area contributed by atoms with Crippen molar-refractivity contribution >= 4 is 55.3 Å². The van der Waals surface area contributed by atoms with Crippen LogP contribution in [0.15, 0.2) is 59.5 Å². The molecule has 0 aliphatic carbocycles. The Morgan fingerprint density at radius 1 is 1.09 bits per heavy atom. The monoisotopic (exact) mass is 531 g/mol. The van der Waals surface area contributed by atoms with E-state index >= 15 is 0 Å². The Balaban J connectivity index is 1.57. The number of thiocarbonyl (C=S) groups is 1. The number of carbonyl (C=O) groups excluding carboxylic acids is 1. The minimum absolute atomic E-state index is 0.167. The number of morpholine rings is 1. The molecule has 8 nitrogen and oxygen atoms in total. The number of anilines is 2. The smallest absolute Gasteiger partial charge is 0.341 e. The van der Waals surface area contributed by atoms with E-state index in [2.05, 4.69) is 10.6 Å². The predicted molar refractivity (Wildman–Crippen MR) is 142 cm³/mol. The molecule has 11 heteroatoms. The van der Waals surface area contributed by atoms with Crippen molar-refractivity contribution in [1.29, 1.82) is 0 Å². The van der Waals surface area contributed by atoms with Gasteiger partial charge in [0.15, 0.2) is 5.11 Å². The molecule has 0 amide bonds. The zero-order chi connectivity index (χ0) is 25.0. The van der Waals surface area contributed by atoms with Crippen molar-refractivity contribution in [2.45, 2.75) is 11.8 Å². The number of nitrogens with zero attached hydrogens (tertiary/aromatic N) is 1. The molecule has 4 rings (SSSR count).